The van der Waals surface area contributed by atoms with Gasteiger partial charge in [-0.25, -0.2) is 4.98 Å². The van der Waals surface area contributed by atoms with Gasteiger partial charge in [-0.15, -0.1) is 11.3 Å². The van der Waals surface area contributed by atoms with E-state index in [4.69, 9.17) is 10.7 Å². The molecule has 4 nitrogen and oxygen atoms in total. The van der Waals surface area contributed by atoms with Crippen molar-refractivity contribution >= 4 is 17.3 Å². The molecule has 1 aliphatic rings. The van der Waals surface area contributed by atoms with Crippen molar-refractivity contribution in [3.05, 3.63) is 15.6 Å². The molecule has 0 spiro atoms. The summed E-state index contributed by atoms with van der Waals surface area (Å²) in [5.41, 5.74) is 7.09. The van der Waals surface area contributed by atoms with Gasteiger partial charge in [-0.2, -0.15) is 0 Å². The molecule has 2 rings (SSSR count). The van der Waals surface area contributed by atoms with E-state index < -0.39 is 0 Å². The third-order valence-electron chi connectivity index (χ3n) is 2.93. The summed E-state index contributed by atoms with van der Waals surface area (Å²) in [6.07, 6.45) is 5.88. The molecular weight excluding hydrogens is 244 g/mol. The second-order valence-electron chi connectivity index (χ2n) is 5.00. The predicted octanol–water partition coefficient (Wildman–Crippen LogP) is 1.88. The van der Waals surface area contributed by atoms with Crippen LogP contribution in [0.5, 0.6) is 0 Å². The van der Waals surface area contributed by atoms with Crippen LogP contribution in [0.2, 0.25) is 0 Å². The van der Waals surface area contributed by atoms with Crippen LogP contribution in [0.15, 0.2) is 4.99 Å². The van der Waals surface area contributed by atoms with Gasteiger partial charge in [-0.3, -0.25) is 4.99 Å². The fourth-order valence-electron chi connectivity index (χ4n) is 2.13. The number of aromatic nitrogens is 1. The van der Waals surface area contributed by atoms with Crippen LogP contribution in [0.25, 0.3) is 0 Å². The monoisotopic (exact) mass is 266 g/mol. The first kappa shape index (κ1) is 13.3. The molecule has 3 N–H and O–H groups in total. The molecule has 0 saturated carbocycles. The molecule has 0 saturated heterocycles. The fourth-order valence-corrected chi connectivity index (χ4v) is 3.27. The number of nitrogens with one attached hydrogen (secondary N) is 1. The van der Waals surface area contributed by atoms with E-state index in [1.54, 1.807) is 0 Å². The Morgan fingerprint density at radius 2 is 2.22 bits per heavy atom. The van der Waals surface area contributed by atoms with Gasteiger partial charge in [0, 0.05) is 23.9 Å². The van der Waals surface area contributed by atoms with Crippen molar-refractivity contribution in [1.82, 2.24) is 10.3 Å². The second kappa shape index (κ2) is 6.18. The van der Waals surface area contributed by atoms with Gasteiger partial charge in [-0.1, -0.05) is 0 Å². The number of nitrogens with zero attached hydrogens (tertiary/aromatic N) is 2. The zero-order chi connectivity index (χ0) is 13.0. The van der Waals surface area contributed by atoms with E-state index in [9.17, 15) is 0 Å². The Balaban J connectivity index is 1.85. The Kier molecular flexibility index (Phi) is 4.58. The van der Waals surface area contributed by atoms with Gasteiger partial charge in [0.15, 0.2) is 5.96 Å². The van der Waals surface area contributed by atoms with Crippen molar-refractivity contribution in [3.63, 3.8) is 0 Å². The molecule has 1 aromatic heterocycles. The second-order valence-corrected chi connectivity index (χ2v) is 6.17. The number of aliphatic imine (C=N–C) groups is 1. The zero-order valence-corrected chi connectivity index (χ0v) is 12.0. The number of fused-ring (bicyclic) bond motifs is 1. The summed E-state index contributed by atoms with van der Waals surface area (Å²) in [5, 5.41) is 4.30. The van der Waals surface area contributed by atoms with Crippen LogP contribution < -0.4 is 11.1 Å². The van der Waals surface area contributed by atoms with Crippen molar-refractivity contribution in [2.24, 2.45) is 10.7 Å². The van der Waals surface area contributed by atoms with E-state index in [2.05, 4.69) is 24.2 Å². The minimum Gasteiger partial charge on any atom is -0.370 e. The van der Waals surface area contributed by atoms with Crippen LogP contribution in [0.1, 0.15) is 42.3 Å². The van der Waals surface area contributed by atoms with Gasteiger partial charge in [0.05, 0.1) is 10.7 Å². The summed E-state index contributed by atoms with van der Waals surface area (Å²) in [6, 6.07) is 0.334. The van der Waals surface area contributed by atoms with Gasteiger partial charge >= 0.3 is 0 Å². The smallest absolute Gasteiger partial charge is 0.188 e. The Morgan fingerprint density at radius 1 is 1.44 bits per heavy atom. The summed E-state index contributed by atoms with van der Waals surface area (Å²) >= 11 is 1.86. The van der Waals surface area contributed by atoms with Gasteiger partial charge in [0.2, 0.25) is 0 Å². The summed E-state index contributed by atoms with van der Waals surface area (Å²) < 4.78 is 0. The van der Waals surface area contributed by atoms with E-state index >= 15 is 0 Å². The summed E-state index contributed by atoms with van der Waals surface area (Å²) in [4.78, 5) is 10.5. The number of thiazole rings is 1. The topological polar surface area (TPSA) is 63.3 Å². The van der Waals surface area contributed by atoms with Crippen LogP contribution in [0.3, 0.4) is 0 Å². The van der Waals surface area contributed by atoms with E-state index in [-0.39, 0.29) is 0 Å². The highest BCUT2D eigenvalue weighted by Gasteiger charge is 2.14. The van der Waals surface area contributed by atoms with Crippen molar-refractivity contribution in [2.45, 2.75) is 52.0 Å². The van der Waals surface area contributed by atoms with Crippen molar-refractivity contribution in [2.75, 3.05) is 6.54 Å². The molecule has 0 aliphatic heterocycles. The molecule has 0 aromatic carbocycles. The first-order valence-corrected chi connectivity index (χ1v) is 7.50. The Labute approximate surface area is 113 Å². The zero-order valence-electron chi connectivity index (χ0n) is 11.2. The largest absolute Gasteiger partial charge is 0.370 e. The standard InChI is InChI=1S/C13H22N4S/c1-9(2)16-13(14)15-8-7-12-17-10-5-3-4-6-11(10)18-12/h9H,3-8H2,1-2H3,(H3,14,15,16). The third kappa shape index (κ3) is 3.70. The Hall–Kier alpha value is -1.10. The maximum Gasteiger partial charge on any atom is 0.188 e. The molecule has 0 bridgehead atoms. The quantitative estimate of drug-likeness (QED) is 0.646. The Morgan fingerprint density at radius 3 is 2.94 bits per heavy atom. The summed E-state index contributed by atoms with van der Waals surface area (Å²) in [7, 11) is 0. The molecule has 1 heterocycles. The van der Waals surface area contributed by atoms with E-state index in [0.29, 0.717) is 12.0 Å². The molecule has 0 radical (unpaired) electrons. The number of nitrogens with two attached hydrogens (primary N) is 1. The van der Waals surface area contributed by atoms with E-state index in [0.717, 1.165) is 19.4 Å². The highest BCUT2D eigenvalue weighted by atomic mass is 32.1. The highest BCUT2D eigenvalue weighted by molar-refractivity contribution is 7.11. The lowest BCUT2D eigenvalue weighted by molar-refractivity contribution is 0.680. The minimum atomic E-state index is 0.334. The minimum absolute atomic E-state index is 0.334. The van der Waals surface area contributed by atoms with Gasteiger partial charge in [0.25, 0.3) is 0 Å². The first-order valence-electron chi connectivity index (χ1n) is 6.69. The fraction of sp³-hybridized carbons (Fsp3) is 0.692. The maximum absolute atomic E-state index is 5.76. The average Bonchev–Trinajstić information content (AvgIpc) is 2.70. The van der Waals surface area contributed by atoms with Crippen LogP contribution in [-0.2, 0) is 19.3 Å². The highest BCUT2D eigenvalue weighted by Crippen LogP contribution is 2.26. The van der Waals surface area contributed by atoms with Gasteiger partial charge in [-0.05, 0) is 39.5 Å². The summed E-state index contributed by atoms with van der Waals surface area (Å²) in [6.45, 7) is 4.83. The number of hydrogen-bond acceptors (Lipinski definition) is 3. The number of hydrogen-bond donors (Lipinski definition) is 2. The average molecular weight is 266 g/mol. The molecule has 0 fully saturated rings. The normalized spacial score (nSPS) is 15.8. The van der Waals surface area contributed by atoms with Crippen LogP contribution in [0, 0.1) is 0 Å². The number of guanidine groups is 1. The van der Waals surface area contributed by atoms with Crippen molar-refractivity contribution < 1.29 is 0 Å². The molecule has 1 aliphatic carbocycles. The summed E-state index contributed by atoms with van der Waals surface area (Å²) in [5.74, 6) is 0.534. The predicted molar refractivity (Wildman–Crippen MR) is 77.2 cm³/mol. The maximum atomic E-state index is 5.76. The molecule has 0 atom stereocenters. The van der Waals surface area contributed by atoms with Crippen LogP contribution in [-0.4, -0.2) is 23.5 Å². The molecule has 0 unspecified atom stereocenters. The Bertz CT molecular complexity index is 399. The molecule has 100 valence electrons. The molecule has 1 aromatic rings. The van der Waals surface area contributed by atoms with E-state index in [1.807, 2.05) is 11.3 Å². The van der Waals surface area contributed by atoms with Gasteiger partial charge in [0.1, 0.15) is 0 Å². The van der Waals surface area contributed by atoms with Crippen molar-refractivity contribution in [1.29, 1.82) is 0 Å². The van der Waals surface area contributed by atoms with Crippen LogP contribution >= 0.6 is 11.3 Å². The molecule has 5 heteroatoms. The lowest BCUT2D eigenvalue weighted by Crippen LogP contribution is -2.36. The lowest BCUT2D eigenvalue weighted by Gasteiger charge is -2.07. The van der Waals surface area contributed by atoms with Crippen molar-refractivity contribution in [3.8, 4) is 0 Å². The third-order valence-corrected chi connectivity index (χ3v) is 4.15. The lowest BCUT2D eigenvalue weighted by atomic mass is 10.0. The molecule has 0 amide bonds. The SMILES string of the molecule is CC(C)NC(N)=NCCc1nc2c(s1)CCCC2. The molecule has 18 heavy (non-hydrogen) atoms. The van der Waals surface area contributed by atoms with Crippen LogP contribution in [0.4, 0.5) is 0 Å². The van der Waals surface area contributed by atoms with E-state index in [1.165, 1.54) is 34.8 Å². The first-order chi connectivity index (χ1) is 8.65. The molecular formula is C13H22N4S. The number of rotatable bonds is 4. The number of aryl methyl sites for hydroxylation is 2. The van der Waals surface area contributed by atoms with Gasteiger partial charge < -0.3 is 11.1 Å².